The third-order valence-corrected chi connectivity index (χ3v) is 4.87. The maximum Gasteiger partial charge on any atom is 0.295 e. The number of aryl methyl sites for hydroxylation is 1. The summed E-state index contributed by atoms with van der Waals surface area (Å²) in [7, 11) is 5.58. The predicted octanol–water partition coefficient (Wildman–Crippen LogP) is 2.24. The summed E-state index contributed by atoms with van der Waals surface area (Å²) in [5.41, 5.74) is 4.48. The number of para-hydroxylation sites is 2. The number of hydrogen-bond acceptors (Lipinski definition) is 5. The number of rotatable bonds is 7. The van der Waals surface area contributed by atoms with Crippen molar-refractivity contribution >= 4 is 45.8 Å². The first-order valence-electron chi connectivity index (χ1n) is 10.2. The number of likely N-dealkylation sites (N-methyl/N-ethyl adjacent to an activating group) is 1. The summed E-state index contributed by atoms with van der Waals surface area (Å²) >= 11 is 5.99. The monoisotopic (exact) mass is 469 g/mol. The summed E-state index contributed by atoms with van der Waals surface area (Å²) < 4.78 is 0.388. The number of anilines is 1. The largest absolute Gasteiger partial charge is 0.323 e. The fraction of sp³-hybridized carbons (Fsp3) is 0.261. The predicted molar refractivity (Wildman–Crippen MR) is 129 cm³/mol. The Labute approximate surface area is 196 Å². The topological polar surface area (TPSA) is 116 Å². The summed E-state index contributed by atoms with van der Waals surface area (Å²) in [4.78, 5) is 45.0. The first-order chi connectivity index (χ1) is 15.5. The van der Waals surface area contributed by atoms with Crippen molar-refractivity contribution in [2.24, 2.45) is 5.10 Å². The SMILES string of the molecule is Cc1cc(Cl)ccc1NC(=O)/C(Cc1nc2ccccc2[nH]c1=O)=N\NC(=O)C[N+](C)(C)C. The van der Waals surface area contributed by atoms with Gasteiger partial charge in [-0.15, -0.1) is 0 Å². The standard InChI is InChI=1S/C23H25ClN6O3/c1-14-11-15(24)9-10-16(14)26-23(33)20(28-29-21(31)13-30(2,3)4)12-19-22(32)27-18-8-6-5-7-17(18)25-19/h5-11H,12-13H2,1-4H3,(H2-,26,27,29,31,32,33)/p+1. The summed E-state index contributed by atoms with van der Waals surface area (Å²) in [6.07, 6.45) is -0.177. The van der Waals surface area contributed by atoms with E-state index in [0.29, 0.717) is 26.2 Å². The zero-order valence-corrected chi connectivity index (χ0v) is 19.7. The van der Waals surface area contributed by atoms with Crippen LogP contribution in [-0.2, 0) is 16.0 Å². The number of amides is 2. The van der Waals surface area contributed by atoms with Gasteiger partial charge in [0.15, 0.2) is 6.54 Å². The van der Waals surface area contributed by atoms with E-state index in [4.69, 9.17) is 11.6 Å². The fourth-order valence-electron chi connectivity index (χ4n) is 3.07. The third-order valence-electron chi connectivity index (χ3n) is 4.64. The molecule has 10 heteroatoms. The molecule has 33 heavy (non-hydrogen) atoms. The number of benzene rings is 2. The smallest absolute Gasteiger partial charge is 0.295 e. The molecule has 3 rings (SSSR count). The normalized spacial score (nSPS) is 12.0. The van der Waals surface area contributed by atoms with Crippen LogP contribution in [0, 0.1) is 6.92 Å². The minimum atomic E-state index is -0.569. The Morgan fingerprint density at radius 1 is 1.15 bits per heavy atom. The highest BCUT2D eigenvalue weighted by Crippen LogP contribution is 2.19. The average Bonchev–Trinajstić information content (AvgIpc) is 2.72. The number of nitrogens with zero attached hydrogens (tertiary/aromatic N) is 3. The molecule has 3 N–H and O–H groups in total. The zero-order chi connectivity index (χ0) is 24.2. The molecule has 0 bridgehead atoms. The van der Waals surface area contributed by atoms with Gasteiger partial charge < -0.3 is 14.8 Å². The Bertz CT molecular complexity index is 1290. The van der Waals surface area contributed by atoms with Gasteiger partial charge in [-0.05, 0) is 42.8 Å². The summed E-state index contributed by atoms with van der Waals surface area (Å²) in [5, 5.41) is 7.35. The molecule has 0 saturated heterocycles. The lowest BCUT2D eigenvalue weighted by Crippen LogP contribution is -2.43. The number of carbonyl (C=O) groups is 2. The van der Waals surface area contributed by atoms with Gasteiger partial charge in [0.2, 0.25) is 0 Å². The van der Waals surface area contributed by atoms with Gasteiger partial charge in [0.05, 0.1) is 32.2 Å². The molecule has 2 aromatic carbocycles. The van der Waals surface area contributed by atoms with Crippen LogP contribution in [0.2, 0.25) is 5.02 Å². The van der Waals surface area contributed by atoms with Gasteiger partial charge in [0.25, 0.3) is 17.4 Å². The second kappa shape index (κ2) is 9.93. The van der Waals surface area contributed by atoms with Crippen LogP contribution >= 0.6 is 11.6 Å². The number of quaternary nitrogens is 1. The highest BCUT2D eigenvalue weighted by atomic mass is 35.5. The molecule has 0 fully saturated rings. The van der Waals surface area contributed by atoms with Crippen molar-refractivity contribution in [1.29, 1.82) is 0 Å². The number of H-pyrrole nitrogens is 1. The van der Waals surface area contributed by atoms with Crippen molar-refractivity contribution < 1.29 is 14.1 Å². The Balaban J connectivity index is 1.91. The van der Waals surface area contributed by atoms with Crippen molar-refractivity contribution in [3.05, 3.63) is 69.1 Å². The third kappa shape index (κ3) is 6.71. The van der Waals surface area contributed by atoms with Crippen molar-refractivity contribution in [2.45, 2.75) is 13.3 Å². The highest BCUT2D eigenvalue weighted by molar-refractivity contribution is 6.43. The number of carbonyl (C=O) groups excluding carboxylic acids is 2. The van der Waals surface area contributed by atoms with Gasteiger partial charge in [0, 0.05) is 17.1 Å². The lowest BCUT2D eigenvalue weighted by atomic mass is 10.1. The zero-order valence-electron chi connectivity index (χ0n) is 18.9. The maximum atomic E-state index is 13.1. The fourth-order valence-corrected chi connectivity index (χ4v) is 3.30. The number of fused-ring (bicyclic) bond motifs is 1. The van der Waals surface area contributed by atoms with E-state index in [2.05, 4.69) is 25.8 Å². The van der Waals surface area contributed by atoms with Crippen molar-refractivity contribution in [3.8, 4) is 0 Å². The number of nitrogens with one attached hydrogen (secondary N) is 3. The number of aromatic amines is 1. The Morgan fingerprint density at radius 3 is 2.58 bits per heavy atom. The van der Waals surface area contributed by atoms with Gasteiger partial charge in [-0.25, -0.2) is 10.4 Å². The van der Waals surface area contributed by atoms with E-state index in [1.165, 1.54) is 0 Å². The van der Waals surface area contributed by atoms with Crippen LogP contribution < -0.4 is 16.3 Å². The van der Waals surface area contributed by atoms with Crippen molar-refractivity contribution in [1.82, 2.24) is 15.4 Å². The van der Waals surface area contributed by atoms with Gasteiger partial charge in [-0.1, -0.05) is 23.7 Å². The molecule has 2 amide bonds. The molecule has 0 radical (unpaired) electrons. The Kier molecular flexibility index (Phi) is 7.25. The van der Waals surface area contributed by atoms with E-state index in [0.717, 1.165) is 5.56 Å². The van der Waals surface area contributed by atoms with E-state index >= 15 is 0 Å². The van der Waals surface area contributed by atoms with Crippen molar-refractivity contribution in [2.75, 3.05) is 33.0 Å². The molecule has 0 aliphatic rings. The van der Waals surface area contributed by atoms with E-state index < -0.39 is 11.5 Å². The van der Waals surface area contributed by atoms with Crippen molar-refractivity contribution in [3.63, 3.8) is 0 Å². The number of hydrogen-bond donors (Lipinski definition) is 3. The molecule has 0 saturated carbocycles. The lowest BCUT2D eigenvalue weighted by Gasteiger charge is -2.22. The number of aromatic nitrogens is 2. The average molecular weight is 470 g/mol. The van der Waals surface area contributed by atoms with Gasteiger partial charge in [0.1, 0.15) is 11.4 Å². The van der Waals surface area contributed by atoms with Crippen LogP contribution in [0.15, 0.2) is 52.4 Å². The maximum absolute atomic E-state index is 13.1. The van der Waals surface area contributed by atoms with E-state index in [9.17, 15) is 14.4 Å². The molecule has 1 aromatic heterocycles. The minimum Gasteiger partial charge on any atom is -0.323 e. The molecule has 0 spiro atoms. The van der Waals surface area contributed by atoms with Gasteiger partial charge >= 0.3 is 0 Å². The quantitative estimate of drug-likeness (QED) is 0.279. The van der Waals surface area contributed by atoms with Crippen LogP contribution in [0.3, 0.4) is 0 Å². The molecule has 0 aliphatic carbocycles. The molecular weight excluding hydrogens is 444 g/mol. The molecule has 9 nitrogen and oxygen atoms in total. The van der Waals surface area contributed by atoms with E-state index in [-0.39, 0.29) is 30.3 Å². The summed E-state index contributed by atoms with van der Waals surface area (Å²) in [6.45, 7) is 1.96. The minimum absolute atomic E-state index is 0.0626. The van der Waals surface area contributed by atoms with E-state index in [1.807, 2.05) is 21.1 Å². The van der Waals surface area contributed by atoms with Crippen LogP contribution in [0.25, 0.3) is 11.0 Å². The molecule has 3 aromatic rings. The summed E-state index contributed by atoms with van der Waals surface area (Å²) in [6, 6.07) is 12.1. The van der Waals surface area contributed by atoms with Gasteiger partial charge in [-0.2, -0.15) is 5.10 Å². The van der Waals surface area contributed by atoms with Crippen LogP contribution in [0.5, 0.6) is 0 Å². The first kappa shape index (κ1) is 24.1. The van der Waals surface area contributed by atoms with Crippen LogP contribution in [0.1, 0.15) is 11.3 Å². The summed E-state index contributed by atoms with van der Waals surface area (Å²) in [5.74, 6) is -0.934. The van der Waals surface area contributed by atoms with Gasteiger partial charge in [-0.3, -0.25) is 14.4 Å². The molecule has 0 unspecified atom stereocenters. The lowest BCUT2D eigenvalue weighted by molar-refractivity contribution is -0.862. The molecule has 172 valence electrons. The second-order valence-corrected chi connectivity index (χ2v) is 9.10. The van der Waals surface area contributed by atoms with Crippen LogP contribution in [0.4, 0.5) is 5.69 Å². The molecule has 1 heterocycles. The molecule has 0 atom stereocenters. The second-order valence-electron chi connectivity index (χ2n) is 8.66. The van der Waals surface area contributed by atoms with E-state index in [1.54, 1.807) is 49.4 Å². The molecule has 0 aliphatic heterocycles. The number of hydrazone groups is 1. The molecular formula is C23H26ClN6O3+. The Morgan fingerprint density at radius 2 is 1.88 bits per heavy atom. The highest BCUT2D eigenvalue weighted by Gasteiger charge is 2.19. The number of halogens is 1. The first-order valence-corrected chi connectivity index (χ1v) is 10.6. The Hall–Kier alpha value is -3.56. The van der Waals surface area contributed by atoms with Crippen LogP contribution in [-0.4, -0.2) is 59.7 Å².